The van der Waals surface area contributed by atoms with Crippen LogP contribution in [0.2, 0.25) is 0 Å². The molecule has 0 N–H and O–H groups in total. The topological polar surface area (TPSA) is 0 Å². The van der Waals surface area contributed by atoms with Crippen molar-refractivity contribution in [1.29, 1.82) is 0 Å². The molecule has 10 aliphatic rings. The molecule has 0 fully saturated rings. The van der Waals surface area contributed by atoms with E-state index in [0.29, 0.717) is 34.5 Å². The van der Waals surface area contributed by atoms with E-state index in [0.717, 1.165) is 0 Å². The van der Waals surface area contributed by atoms with Crippen molar-refractivity contribution in [3.63, 3.8) is 0 Å². The third-order valence-corrected chi connectivity index (χ3v) is 21.8. The molecule has 0 amide bonds. The smallest absolute Gasteiger partial charge is 0.0718 e. The number of hydrogen-bond acceptors (Lipinski definition) is 8. The summed E-state index contributed by atoms with van der Waals surface area (Å²) in [5.41, 5.74) is 7.08. The maximum atomic E-state index is 2.55. The Morgan fingerprint density at radius 2 is 0.738 bits per heavy atom. The van der Waals surface area contributed by atoms with Crippen molar-refractivity contribution in [1.82, 2.24) is 0 Å². The molecular formula is C34H28S8. The van der Waals surface area contributed by atoms with E-state index in [9.17, 15) is 0 Å². The lowest BCUT2D eigenvalue weighted by Crippen LogP contribution is -2.32. The molecule has 2 aromatic rings. The fraction of sp³-hybridized carbons (Fsp3) is 0.353. The van der Waals surface area contributed by atoms with Crippen LogP contribution < -0.4 is 0 Å². The molecular weight excluding hydrogens is 665 g/mol. The summed E-state index contributed by atoms with van der Waals surface area (Å²) in [6, 6.07) is 10.2. The highest BCUT2D eigenvalue weighted by Gasteiger charge is 2.45. The summed E-state index contributed by atoms with van der Waals surface area (Å²) >= 11 is 16.2. The first kappa shape index (κ1) is 27.1. The molecule has 6 aliphatic carbocycles. The van der Waals surface area contributed by atoms with Crippen molar-refractivity contribution in [2.45, 2.75) is 83.8 Å². The van der Waals surface area contributed by atoms with E-state index in [1.807, 2.05) is 94.1 Å². The van der Waals surface area contributed by atoms with E-state index >= 15 is 0 Å². The maximum absolute atomic E-state index is 2.55. The molecule has 0 radical (unpaired) electrons. The molecule has 0 spiro atoms. The monoisotopic (exact) mass is 692 g/mol. The van der Waals surface area contributed by atoms with Crippen molar-refractivity contribution in [2.75, 3.05) is 0 Å². The normalized spacial score (nSPS) is 33.4. The molecule has 4 bridgehead atoms. The predicted octanol–water partition coefficient (Wildman–Crippen LogP) is 13.5. The Labute approximate surface area is 282 Å². The quantitative estimate of drug-likeness (QED) is 0.247. The number of rotatable bonds is 0. The van der Waals surface area contributed by atoms with Crippen LogP contribution in [0.3, 0.4) is 0 Å². The van der Waals surface area contributed by atoms with Crippen LogP contribution in [-0.4, -0.2) is 0 Å². The van der Waals surface area contributed by atoms with Crippen molar-refractivity contribution in [2.24, 2.45) is 10.8 Å². The summed E-state index contributed by atoms with van der Waals surface area (Å²) in [5, 5.41) is 0. The van der Waals surface area contributed by atoms with Crippen LogP contribution in [-0.2, 0) is 0 Å². The average molecular weight is 693 g/mol. The molecule has 0 saturated heterocycles. The third-order valence-electron chi connectivity index (χ3n) is 10.1. The number of fused-ring (bicyclic) bond motifs is 4. The highest BCUT2D eigenvalue weighted by molar-refractivity contribution is 8.45. The summed E-state index contributed by atoms with van der Waals surface area (Å²) < 4.78 is 8.93. The van der Waals surface area contributed by atoms with Gasteiger partial charge in [0.2, 0.25) is 0 Å². The molecule has 2 aromatic carbocycles. The van der Waals surface area contributed by atoms with Crippen molar-refractivity contribution in [3.05, 3.63) is 96.2 Å². The van der Waals surface area contributed by atoms with Gasteiger partial charge < -0.3 is 0 Å². The van der Waals surface area contributed by atoms with Crippen LogP contribution >= 0.6 is 94.1 Å². The lowest BCUT2D eigenvalue weighted by Gasteiger charge is -2.46. The molecule has 4 aliphatic heterocycles. The Morgan fingerprint density at radius 3 is 1.07 bits per heavy atom. The number of allylic oxidation sites excluding steroid dienone is 4. The molecule has 4 heterocycles. The van der Waals surface area contributed by atoms with E-state index in [4.69, 9.17) is 0 Å². The van der Waals surface area contributed by atoms with E-state index in [2.05, 4.69) is 76.3 Å². The molecule has 212 valence electrons. The highest BCUT2D eigenvalue weighted by atomic mass is 32.3. The standard InChI is InChI=1S/C34H28S8/c1-33(2)13-15-5-7-21(33)19-11-25-23(9-17(15)19)35-27-29(37-25)41-31(39-27)32-40-28-30(42-32)38-26-12-20-18(10-24(26)36-28)16-6-8-22(20)34(3,4)14-16/h5-12,15-16,21-22H,13-14H2,1-4H3/b32-31+. The zero-order valence-corrected chi connectivity index (χ0v) is 30.1. The summed E-state index contributed by atoms with van der Waals surface area (Å²) in [4.78, 5) is 5.87. The van der Waals surface area contributed by atoms with Gasteiger partial charge in [0.25, 0.3) is 0 Å². The van der Waals surface area contributed by atoms with Gasteiger partial charge in [-0.2, -0.15) is 0 Å². The van der Waals surface area contributed by atoms with Gasteiger partial charge in [-0.05, 0) is 70.2 Å². The Bertz CT molecular complexity index is 1690. The van der Waals surface area contributed by atoms with Gasteiger partial charge >= 0.3 is 0 Å². The average Bonchev–Trinajstić information content (AvgIpc) is 3.55. The van der Waals surface area contributed by atoms with Crippen molar-refractivity contribution < 1.29 is 0 Å². The summed E-state index contributed by atoms with van der Waals surface area (Å²) in [5.74, 6) is 2.28. The van der Waals surface area contributed by atoms with Crippen LogP contribution in [0.4, 0.5) is 0 Å². The molecule has 0 nitrogen and oxygen atoms in total. The maximum Gasteiger partial charge on any atom is 0.0718 e. The van der Waals surface area contributed by atoms with Gasteiger partial charge in [-0.25, -0.2) is 0 Å². The summed E-state index contributed by atoms with van der Waals surface area (Å²) in [7, 11) is 0. The van der Waals surface area contributed by atoms with Gasteiger partial charge in [0.15, 0.2) is 0 Å². The first-order chi connectivity index (χ1) is 20.2. The van der Waals surface area contributed by atoms with Crippen LogP contribution in [0.25, 0.3) is 0 Å². The Hall–Kier alpha value is -0.0600. The van der Waals surface area contributed by atoms with Gasteiger partial charge in [0, 0.05) is 43.3 Å². The minimum Gasteiger partial charge on any atom is -0.0803 e. The zero-order chi connectivity index (χ0) is 28.1. The Balaban J connectivity index is 0.900. The van der Waals surface area contributed by atoms with Gasteiger partial charge in [0.05, 0.1) is 25.4 Å². The van der Waals surface area contributed by atoms with Gasteiger partial charge in [-0.1, -0.05) is 146 Å². The second-order valence-electron chi connectivity index (χ2n) is 13.7. The Kier molecular flexibility index (Phi) is 5.98. The first-order valence-electron chi connectivity index (χ1n) is 14.6. The van der Waals surface area contributed by atoms with Gasteiger partial charge in [-0.3, -0.25) is 0 Å². The molecule has 0 aromatic heterocycles. The fourth-order valence-electron chi connectivity index (χ4n) is 8.06. The molecule has 0 saturated carbocycles. The van der Waals surface area contributed by atoms with E-state index in [1.54, 1.807) is 22.3 Å². The van der Waals surface area contributed by atoms with Crippen LogP contribution in [0.15, 0.2) is 93.6 Å². The van der Waals surface area contributed by atoms with Gasteiger partial charge in [0.1, 0.15) is 0 Å². The third kappa shape index (κ3) is 3.94. The molecule has 42 heavy (non-hydrogen) atoms. The highest BCUT2D eigenvalue weighted by Crippen LogP contribution is 2.72. The van der Waals surface area contributed by atoms with Gasteiger partial charge in [-0.15, -0.1) is 0 Å². The number of thioether (sulfide) groups is 8. The van der Waals surface area contributed by atoms with Crippen molar-refractivity contribution in [3.8, 4) is 0 Å². The lowest BCUT2D eigenvalue weighted by molar-refractivity contribution is 0.250. The molecule has 4 atom stereocenters. The number of benzene rings is 2. The largest absolute Gasteiger partial charge is 0.0803 e. The van der Waals surface area contributed by atoms with Crippen LogP contribution in [0.5, 0.6) is 0 Å². The summed E-state index contributed by atoms with van der Waals surface area (Å²) in [6.07, 6.45) is 12.5. The SMILES string of the molecule is CC1(C)CC2C=CC1c1cc3c(cc12)SC1=C(S/C(=C2\SC4=C(S2)Sc2cc5c(cc2S4)C2C=CC5C(C)(C)C2)S1)S3. The molecule has 12 rings (SSSR count). The second kappa shape index (κ2) is 9.27. The lowest BCUT2D eigenvalue weighted by atomic mass is 9.59. The predicted molar refractivity (Wildman–Crippen MR) is 194 cm³/mol. The van der Waals surface area contributed by atoms with E-state index in [1.165, 1.54) is 57.8 Å². The minimum atomic E-state index is 0.359. The van der Waals surface area contributed by atoms with Crippen LogP contribution in [0.1, 0.15) is 86.5 Å². The zero-order valence-electron chi connectivity index (χ0n) is 23.6. The molecule has 8 heteroatoms. The van der Waals surface area contributed by atoms with E-state index in [-0.39, 0.29) is 0 Å². The van der Waals surface area contributed by atoms with Crippen LogP contribution in [0, 0.1) is 10.8 Å². The number of hydrogen-bond donors (Lipinski definition) is 0. The minimum absolute atomic E-state index is 0.359. The van der Waals surface area contributed by atoms with Crippen molar-refractivity contribution >= 4 is 94.1 Å². The molecule has 4 unspecified atom stereocenters. The second-order valence-corrected chi connectivity index (χ2v) is 23.6. The Morgan fingerprint density at radius 1 is 0.429 bits per heavy atom. The van der Waals surface area contributed by atoms with E-state index < -0.39 is 0 Å². The fourth-order valence-corrected chi connectivity index (χ4v) is 20.1. The first-order valence-corrected chi connectivity index (χ1v) is 21.1. The summed E-state index contributed by atoms with van der Waals surface area (Å²) in [6.45, 7) is 9.82.